The van der Waals surface area contributed by atoms with E-state index >= 15 is 0 Å². The average Bonchev–Trinajstić information content (AvgIpc) is 2.73. The zero-order valence-electron chi connectivity index (χ0n) is 19.2. The molecule has 1 aliphatic rings. The molecular weight excluding hydrogens is 391 g/mol. The van der Waals surface area contributed by atoms with E-state index in [1.54, 1.807) is 24.3 Å². The fourth-order valence-electron chi connectivity index (χ4n) is 3.68. The van der Waals surface area contributed by atoms with Crippen molar-refractivity contribution >= 4 is 0 Å². The van der Waals surface area contributed by atoms with E-state index in [1.165, 1.54) is 11.6 Å². The molecule has 0 fully saturated rings. The van der Waals surface area contributed by atoms with Gasteiger partial charge in [0.05, 0.1) is 18.8 Å². The van der Waals surface area contributed by atoms with Crippen LogP contribution in [0.5, 0.6) is 11.5 Å². The Kier molecular flexibility index (Phi) is 7.34. The Morgan fingerprint density at radius 3 is 2.52 bits per heavy atom. The quantitative estimate of drug-likeness (QED) is 0.430. The lowest BCUT2D eigenvalue weighted by atomic mass is 9.76. The molecule has 0 amide bonds. The minimum Gasteiger partial charge on any atom is -0.454 e. The summed E-state index contributed by atoms with van der Waals surface area (Å²) in [5.41, 5.74) is 1.69. The number of allylic oxidation sites excluding steroid dienone is 1. The number of para-hydroxylation sites is 1. The largest absolute Gasteiger partial charge is 0.454 e. The number of ether oxygens (including phenoxy) is 3. The summed E-state index contributed by atoms with van der Waals surface area (Å²) >= 11 is 0. The van der Waals surface area contributed by atoms with Crippen molar-refractivity contribution in [3.63, 3.8) is 0 Å². The highest BCUT2D eigenvalue weighted by Crippen LogP contribution is 2.37. The van der Waals surface area contributed by atoms with Crippen LogP contribution in [-0.4, -0.2) is 18.8 Å². The Morgan fingerprint density at radius 1 is 1.10 bits per heavy atom. The van der Waals surface area contributed by atoms with Gasteiger partial charge in [-0.25, -0.2) is 4.39 Å². The lowest BCUT2D eigenvalue weighted by Crippen LogP contribution is -2.36. The van der Waals surface area contributed by atoms with Gasteiger partial charge >= 0.3 is 0 Å². The fourth-order valence-corrected chi connectivity index (χ4v) is 3.68. The summed E-state index contributed by atoms with van der Waals surface area (Å²) in [6.07, 6.45) is 6.59. The third-order valence-electron chi connectivity index (χ3n) is 5.86. The molecule has 0 N–H and O–H groups in total. The van der Waals surface area contributed by atoms with Crippen LogP contribution in [0.15, 0.2) is 72.3 Å². The molecule has 0 bridgehead atoms. The van der Waals surface area contributed by atoms with Gasteiger partial charge in [0.25, 0.3) is 0 Å². The summed E-state index contributed by atoms with van der Waals surface area (Å²) in [4.78, 5) is 0. The van der Waals surface area contributed by atoms with E-state index in [0.29, 0.717) is 25.6 Å². The lowest BCUT2D eigenvalue weighted by molar-refractivity contribution is -0.0145. The fraction of sp³-hybridized carbons (Fsp3) is 0.407. The van der Waals surface area contributed by atoms with E-state index < -0.39 is 5.82 Å². The van der Waals surface area contributed by atoms with Gasteiger partial charge in [-0.2, -0.15) is 0 Å². The molecule has 0 spiro atoms. The van der Waals surface area contributed by atoms with Gasteiger partial charge in [0.15, 0.2) is 11.6 Å². The number of halogens is 1. The van der Waals surface area contributed by atoms with Crippen molar-refractivity contribution in [3.8, 4) is 11.5 Å². The highest BCUT2D eigenvalue weighted by molar-refractivity contribution is 5.36. The highest BCUT2D eigenvalue weighted by atomic mass is 19.1. The summed E-state index contributed by atoms with van der Waals surface area (Å²) in [6, 6.07) is 14.1. The van der Waals surface area contributed by atoms with E-state index in [2.05, 4.69) is 45.9 Å². The van der Waals surface area contributed by atoms with Gasteiger partial charge in [-0.3, -0.25) is 0 Å². The molecular formula is C27H33FO3. The van der Waals surface area contributed by atoms with Crippen LogP contribution in [0.2, 0.25) is 0 Å². The Hall–Kier alpha value is -2.43. The zero-order chi connectivity index (χ0) is 22.5. The van der Waals surface area contributed by atoms with Crippen LogP contribution in [0.3, 0.4) is 0 Å². The van der Waals surface area contributed by atoms with Gasteiger partial charge in [0.1, 0.15) is 5.75 Å². The molecule has 2 unspecified atom stereocenters. The minimum absolute atomic E-state index is 0.151. The van der Waals surface area contributed by atoms with Crippen molar-refractivity contribution in [3.05, 3.63) is 83.7 Å². The minimum atomic E-state index is -0.392. The molecule has 0 radical (unpaired) electrons. The third-order valence-corrected chi connectivity index (χ3v) is 5.86. The van der Waals surface area contributed by atoms with Crippen molar-refractivity contribution < 1.29 is 18.6 Å². The second-order valence-electron chi connectivity index (χ2n) is 8.92. The van der Waals surface area contributed by atoms with E-state index in [-0.39, 0.29) is 22.7 Å². The Labute approximate surface area is 185 Å². The highest BCUT2D eigenvalue weighted by Gasteiger charge is 2.34. The second-order valence-corrected chi connectivity index (χ2v) is 8.92. The molecule has 2 aromatic rings. The molecule has 3 rings (SSSR count). The van der Waals surface area contributed by atoms with E-state index in [1.807, 2.05) is 25.1 Å². The van der Waals surface area contributed by atoms with Gasteiger partial charge in [0.2, 0.25) is 0 Å². The molecule has 0 saturated heterocycles. The molecule has 31 heavy (non-hydrogen) atoms. The zero-order valence-corrected chi connectivity index (χ0v) is 19.2. The summed E-state index contributed by atoms with van der Waals surface area (Å²) in [6.45, 7) is 12.3. The predicted octanol–water partition coefficient (Wildman–Crippen LogP) is 7.09. The standard InChI is InChI=1S/C27H33FO3/c1-6-30-27(5)15-14-22(16-20(27)2)26(3,4)19-29-18-21-12-13-24(28)25(17-21)31-23-10-8-7-9-11-23/h7-17,20H,6,18-19H2,1-5H3. The second kappa shape index (κ2) is 9.80. The van der Waals surface area contributed by atoms with Gasteiger partial charge in [-0.15, -0.1) is 0 Å². The molecule has 1 aliphatic carbocycles. The number of benzene rings is 2. The first-order valence-corrected chi connectivity index (χ1v) is 10.9. The van der Waals surface area contributed by atoms with Crippen LogP contribution >= 0.6 is 0 Å². The number of hydrogen-bond donors (Lipinski definition) is 0. The molecule has 2 aromatic carbocycles. The predicted molar refractivity (Wildman–Crippen MR) is 123 cm³/mol. The van der Waals surface area contributed by atoms with Crippen LogP contribution < -0.4 is 4.74 Å². The van der Waals surface area contributed by atoms with Crippen molar-refractivity contribution in [2.45, 2.75) is 46.8 Å². The lowest BCUT2D eigenvalue weighted by Gasteiger charge is -2.37. The maximum absolute atomic E-state index is 14.2. The maximum atomic E-state index is 14.2. The summed E-state index contributed by atoms with van der Waals surface area (Å²) in [5, 5.41) is 0. The van der Waals surface area contributed by atoms with Crippen molar-refractivity contribution in [1.29, 1.82) is 0 Å². The van der Waals surface area contributed by atoms with Crippen molar-refractivity contribution in [2.24, 2.45) is 11.3 Å². The molecule has 0 aromatic heterocycles. The van der Waals surface area contributed by atoms with Crippen LogP contribution in [0, 0.1) is 17.2 Å². The molecule has 0 saturated carbocycles. The Balaban J connectivity index is 1.61. The summed E-state index contributed by atoms with van der Waals surface area (Å²) in [5.74, 6) is 0.691. The molecule has 2 atom stereocenters. The number of rotatable bonds is 9. The van der Waals surface area contributed by atoms with Crippen LogP contribution in [0.25, 0.3) is 0 Å². The van der Waals surface area contributed by atoms with E-state index in [9.17, 15) is 4.39 Å². The first-order valence-electron chi connectivity index (χ1n) is 10.9. The van der Waals surface area contributed by atoms with Crippen LogP contribution in [0.4, 0.5) is 4.39 Å². The van der Waals surface area contributed by atoms with Gasteiger partial charge in [-0.05, 0) is 49.2 Å². The maximum Gasteiger partial charge on any atom is 0.165 e. The van der Waals surface area contributed by atoms with Crippen LogP contribution in [-0.2, 0) is 16.1 Å². The normalized spacial score (nSPS) is 21.1. The van der Waals surface area contributed by atoms with E-state index in [0.717, 1.165) is 5.56 Å². The molecule has 3 nitrogen and oxygen atoms in total. The van der Waals surface area contributed by atoms with E-state index in [4.69, 9.17) is 14.2 Å². The monoisotopic (exact) mass is 424 g/mol. The summed E-state index contributed by atoms with van der Waals surface area (Å²) in [7, 11) is 0. The first kappa shape index (κ1) is 23.2. The topological polar surface area (TPSA) is 27.7 Å². The van der Waals surface area contributed by atoms with Gasteiger partial charge in [0, 0.05) is 17.9 Å². The van der Waals surface area contributed by atoms with Crippen molar-refractivity contribution in [1.82, 2.24) is 0 Å². The van der Waals surface area contributed by atoms with Crippen LogP contribution in [0.1, 0.15) is 40.2 Å². The van der Waals surface area contributed by atoms with Gasteiger partial charge in [-0.1, -0.05) is 63.3 Å². The number of hydrogen-bond acceptors (Lipinski definition) is 3. The molecule has 0 aliphatic heterocycles. The molecule has 166 valence electrons. The molecule has 0 heterocycles. The third kappa shape index (κ3) is 5.84. The Bertz CT molecular complexity index is 933. The summed E-state index contributed by atoms with van der Waals surface area (Å²) < 4.78 is 31.8. The Morgan fingerprint density at radius 2 is 1.84 bits per heavy atom. The molecule has 4 heteroatoms. The smallest absolute Gasteiger partial charge is 0.165 e. The van der Waals surface area contributed by atoms with Gasteiger partial charge < -0.3 is 14.2 Å². The SMILES string of the molecule is CCOC1(C)C=CC(C(C)(C)COCc2ccc(F)c(Oc3ccccc3)c2)=CC1C. The first-order chi connectivity index (χ1) is 14.7. The van der Waals surface area contributed by atoms with Crippen molar-refractivity contribution in [2.75, 3.05) is 13.2 Å². The average molecular weight is 425 g/mol.